The first-order chi connectivity index (χ1) is 12.4. The molecule has 0 fully saturated rings. The number of amides is 1. The Bertz CT molecular complexity index is 700. The number of benzene rings is 1. The van der Waals surface area contributed by atoms with Crippen LogP contribution in [0.3, 0.4) is 0 Å². The molecule has 0 aliphatic heterocycles. The molecule has 2 aromatic rings. The van der Waals surface area contributed by atoms with Gasteiger partial charge in [-0.3, -0.25) is 4.79 Å². The lowest BCUT2D eigenvalue weighted by Gasteiger charge is -2.21. The number of carbonyl (C=O) groups excluding carboxylic acids is 1. The van der Waals surface area contributed by atoms with Crippen molar-refractivity contribution in [3.05, 3.63) is 36.0 Å². The van der Waals surface area contributed by atoms with Crippen LogP contribution in [0.15, 0.2) is 28.8 Å². The van der Waals surface area contributed by atoms with E-state index in [1.807, 2.05) is 0 Å². The minimum Gasteiger partial charge on any atom is -0.346 e. The van der Waals surface area contributed by atoms with Crippen molar-refractivity contribution in [2.75, 3.05) is 13.6 Å². The molecule has 0 bridgehead atoms. The molecule has 2 N–H and O–H groups in total. The van der Waals surface area contributed by atoms with Gasteiger partial charge in [0.25, 0.3) is 0 Å². The molecule has 0 spiro atoms. The van der Waals surface area contributed by atoms with Gasteiger partial charge >= 0.3 is 0 Å². The molecule has 2 rings (SSSR count). The standard InChI is InChI=1S/C19H27FN4O2/c1-13(2)16(21)11-12-24(3)18(25)6-4-5-17-22-19(23-26-17)14-7-9-15(20)10-8-14/h7-10,13,16H,4-6,11-12,21H2,1-3H3. The van der Waals surface area contributed by atoms with Gasteiger partial charge in [-0.1, -0.05) is 19.0 Å². The molecule has 26 heavy (non-hydrogen) atoms. The van der Waals surface area contributed by atoms with Crippen LogP contribution in [0.5, 0.6) is 0 Å². The van der Waals surface area contributed by atoms with E-state index in [9.17, 15) is 9.18 Å². The van der Waals surface area contributed by atoms with Crippen molar-refractivity contribution in [1.82, 2.24) is 15.0 Å². The molecule has 1 atom stereocenters. The van der Waals surface area contributed by atoms with Crippen LogP contribution in [0.1, 0.15) is 39.0 Å². The van der Waals surface area contributed by atoms with Crippen LogP contribution in [0, 0.1) is 11.7 Å². The highest BCUT2D eigenvalue weighted by molar-refractivity contribution is 5.75. The zero-order valence-corrected chi connectivity index (χ0v) is 15.6. The Morgan fingerprint density at radius 2 is 2.00 bits per heavy atom. The number of carbonyl (C=O) groups is 1. The van der Waals surface area contributed by atoms with Gasteiger partial charge in [0.15, 0.2) is 0 Å². The lowest BCUT2D eigenvalue weighted by Crippen LogP contribution is -2.34. The summed E-state index contributed by atoms with van der Waals surface area (Å²) in [4.78, 5) is 18.2. The van der Waals surface area contributed by atoms with E-state index in [1.54, 1.807) is 24.1 Å². The van der Waals surface area contributed by atoms with Gasteiger partial charge < -0.3 is 15.2 Å². The fourth-order valence-electron chi connectivity index (χ4n) is 2.46. The van der Waals surface area contributed by atoms with E-state index >= 15 is 0 Å². The third kappa shape index (κ3) is 5.91. The van der Waals surface area contributed by atoms with E-state index in [0.29, 0.717) is 49.0 Å². The zero-order valence-electron chi connectivity index (χ0n) is 15.6. The first-order valence-corrected chi connectivity index (χ1v) is 8.95. The van der Waals surface area contributed by atoms with Crippen LogP contribution < -0.4 is 5.73 Å². The molecule has 1 unspecified atom stereocenters. The van der Waals surface area contributed by atoms with E-state index in [-0.39, 0.29) is 17.8 Å². The summed E-state index contributed by atoms with van der Waals surface area (Å²) in [5.41, 5.74) is 6.71. The summed E-state index contributed by atoms with van der Waals surface area (Å²) < 4.78 is 18.1. The predicted octanol–water partition coefficient (Wildman–Crippen LogP) is 3.03. The molecule has 6 nitrogen and oxygen atoms in total. The molecule has 1 heterocycles. The maximum Gasteiger partial charge on any atom is 0.226 e. The lowest BCUT2D eigenvalue weighted by molar-refractivity contribution is -0.130. The summed E-state index contributed by atoms with van der Waals surface area (Å²) >= 11 is 0. The Kier molecular flexibility index (Phi) is 7.26. The lowest BCUT2D eigenvalue weighted by atomic mass is 10.0. The number of hydrogen-bond acceptors (Lipinski definition) is 5. The summed E-state index contributed by atoms with van der Waals surface area (Å²) in [5.74, 6) is 1.08. The Balaban J connectivity index is 1.75. The van der Waals surface area contributed by atoms with Crippen LogP contribution in [0.2, 0.25) is 0 Å². The highest BCUT2D eigenvalue weighted by atomic mass is 19.1. The topological polar surface area (TPSA) is 85.2 Å². The van der Waals surface area contributed by atoms with Gasteiger partial charge in [0.05, 0.1) is 0 Å². The van der Waals surface area contributed by atoms with Crippen molar-refractivity contribution in [3.63, 3.8) is 0 Å². The van der Waals surface area contributed by atoms with Crippen LogP contribution >= 0.6 is 0 Å². The van der Waals surface area contributed by atoms with Crippen molar-refractivity contribution < 1.29 is 13.7 Å². The maximum atomic E-state index is 12.9. The first-order valence-electron chi connectivity index (χ1n) is 8.95. The van der Waals surface area contributed by atoms with Gasteiger partial charge in [-0.25, -0.2) is 4.39 Å². The van der Waals surface area contributed by atoms with Crippen LogP contribution in [0.25, 0.3) is 11.4 Å². The van der Waals surface area contributed by atoms with Crippen molar-refractivity contribution in [2.24, 2.45) is 11.7 Å². The molecule has 0 radical (unpaired) electrons. The second-order valence-corrected chi connectivity index (χ2v) is 6.88. The summed E-state index contributed by atoms with van der Waals surface area (Å²) in [6.07, 6.45) is 2.37. The summed E-state index contributed by atoms with van der Waals surface area (Å²) in [7, 11) is 1.80. The fraction of sp³-hybridized carbons (Fsp3) is 0.526. The fourth-order valence-corrected chi connectivity index (χ4v) is 2.46. The number of rotatable bonds is 9. The molecule has 0 aliphatic carbocycles. The molecular weight excluding hydrogens is 335 g/mol. The number of aryl methyl sites for hydroxylation is 1. The largest absolute Gasteiger partial charge is 0.346 e. The first kappa shape index (κ1) is 20.0. The SMILES string of the molecule is CC(C)C(N)CCN(C)C(=O)CCCc1nc(-c2ccc(F)cc2)no1. The number of nitrogens with two attached hydrogens (primary N) is 1. The van der Waals surface area contributed by atoms with E-state index in [0.717, 1.165) is 6.42 Å². The predicted molar refractivity (Wildman–Crippen MR) is 97.7 cm³/mol. The van der Waals surface area contributed by atoms with Gasteiger partial charge in [0.1, 0.15) is 5.82 Å². The number of nitrogens with zero attached hydrogens (tertiary/aromatic N) is 3. The van der Waals surface area contributed by atoms with E-state index in [1.165, 1.54) is 12.1 Å². The van der Waals surface area contributed by atoms with Gasteiger partial charge in [0, 0.05) is 38.0 Å². The Morgan fingerprint density at radius 1 is 1.31 bits per heavy atom. The number of hydrogen-bond donors (Lipinski definition) is 1. The normalized spacial score (nSPS) is 12.4. The molecule has 142 valence electrons. The second-order valence-electron chi connectivity index (χ2n) is 6.88. The Morgan fingerprint density at radius 3 is 2.65 bits per heavy atom. The average molecular weight is 362 g/mol. The quantitative estimate of drug-likeness (QED) is 0.741. The molecule has 0 aliphatic rings. The highest BCUT2D eigenvalue weighted by Gasteiger charge is 2.14. The van der Waals surface area contributed by atoms with Gasteiger partial charge in [-0.2, -0.15) is 4.98 Å². The molecule has 0 saturated heterocycles. The van der Waals surface area contributed by atoms with Gasteiger partial charge in [-0.15, -0.1) is 0 Å². The van der Waals surface area contributed by atoms with E-state index < -0.39 is 0 Å². The maximum absolute atomic E-state index is 12.9. The molecule has 7 heteroatoms. The van der Waals surface area contributed by atoms with Crippen LogP contribution in [0.4, 0.5) is 4.39 Å². The molecule has 1 amide bonds. The molecule has 1 aromatic carbocycles. The molecule has 1 aromatic heterocycles. The molecular formula is C19H27FN4O2. The van der Waals surface area contributed by atoms with Gasteiger partial charge in [-0.05, 0) is 43.0 Å². The van der Waals surface area contributed by atoms with E-state index in [4.69, 9.17) is 10.3 Å². The smallest absolute Gasteiger partial charge is 0.226 e. The number of aromatic nitrogens is 2. The number of halogens is 1. The summed E-state index contributed by atoms with van der Waals surface area (Å²) in [6, 6.07) is 6.01. The van der Waals surface area contributed by atoms with Gasteiger partial charge in [0.2, 0.25) is 17.6 Å². The highest BCUT2D eigenvalue weighted by Crippen LogP contribution is 2.17. The third-order valence-electron chi connectivity index (χ3n) is 4.43. The monoisotopic (exact) mass is 362 g/mol. The zero-order chi connectivity index (χ0) is 19.1. The van der Waals surface area contributed by atoms with Crippen molar-refractivity contribution in [2.45, 2.75) is 45.6 Å². The van der Waals surface area contributed by atoms with Crippen molar-refractivity contribution >= 4 is 5.91 Å². The molecule has 0 saturated carbocycles. The second kappa shape index (κ2) is 9.43. The van der Waals surface area contributed by atoms with Crippen LogP contribution in [-0.2, 0) is 11.2 Å². The summed E-state index contributed by atoms with van der Waals surface area (Å²) in [5, 5.41) is 3.90. The van der Waals surface area contributed by atoms with Crippen molar-refractivity contribution in [3.8, 4) is 11.4 Å². The van der Waals surface area contributed by atoms with Crippen molar-refractivity contribution in [1.29, 1.82) is 0 Å². The minimum absolute atomic E-state index is 0.0826. The third-order valence-corrected chi connectivity index (χ3v) is 4.43. The van der Waals surface area contributed by atoms with E-state index in [2.05, 4.69) is 24.0 Å². The Hall–Kier alpha value is -2.28. The Labute approximate surface area is 153 Å². The van der Waals surface area contributed by atoms with Crippen LogP contribution in [-0.4, -0.2) is 40.6 Å². The average Bonchev–Trinajstić information content (AvgIpc) is 3.08. The minimum atomic E-state index is -0.311. The summed E-state index contributed by atoms with van der Waals surface area (Å²) in [6.45, 7) is 4.82.